The molecule has 34 heavy (non-hydrogen) atoms. The van der Waals surface area contributed by atoms with Gasteiger partial charge in [0.15, 0.2) is 0 Å². The molecule has 3 N–H and O–H groups in total. The van der Waals surface area contributed by atoms with Crippen LogP contribution in [-0.2, 0) is 10.2 Å². The predicted octanol–water partition coefficient (Wildman–Crippen LogP) is 5.51. The standard InChI is InChI=1S/C30H45N3O/c1-2-21-32-22-13-5-3-4-6-14-23-33-24-19-28(20-25-33)30(29(31)34,26-15-9-7-10-16-26)27-17-11-8-12-18-27/h7-12,15-18,28,32H,2-6,13-14,19-25H2,1H3,(H2,31,34). The molecule has 0 radical (unpaired) electrons. The first-order chi connectivity index (χ1) is 16.7. The number of piperidine rings is 1. The molecule has 1 aliphatic heterocycles. The molecule has 0 spiro atoms. The van der Waals surface area contributed by atoms with Gasteiger partial charge in [0, 0.05) is 0 Å². The van der Waals surface area contributed by atoms with E-state index in [0.717, 1.165) is 43.6 Å². The van der Waals surface area contributed by atoms with Crippen LogP contribution in [0.5, 0.6) is 0 Å². The Labute approximate surface area is 207 Å². The van der Waals surface area contributed by atoms with Gasteiger partial charge in [-0.05, 0) is 81.9 Å². The van der Waals surface area contributed by atoms with Crippen LogP contribution in [0.3, 0.4) is 0 Å². The van der Waals surface area contributed by atoms with E-state index in [0.29, 0.717) is 0 Å². The molecule has 0 saturated carbocycles. The SMILES string of the molecule is CCCNCCCCCCCCN1CCC(C(C(N)=O)(c2ccccc2)c2ccccc2)CC1. The van der Waals surface area contributed by atoms with Crippen molar-refractivity contribution in [2.24, 2.45) is 11.7 Å². The minimum absolute atomic E-state index is 0.215. The second kappa shape index (κ2) is 14.3. The first-order valence-corrected chi connectivity index (χ1v) is 13.5. The molecule has 0 bridgehead atoms. The van der Waals surface area contributed by atoms with Crippen molar-refractivity contribution in [3.63, 3.8) is 0 Å². The quantitative estimate of drug-likeness (QED) is 0.342. The van der Waals surface area contributed by atoms with Crippen molar-refractivity contribution in [1.29, 1.82) is 0 Å². The van der Waals surface area contributed by atoms with Crippen LogP contribution in [0.4, 0.5) is 0 Å². The van der Waals surface area contributed by atoms with Crippen molar-refractivity contribution in [3.8, 4) is 0 Å². The number of primary amides is 1. The molecule has 4 heteroatoms. The first kappa shape index (κ1) is 26.4. The first-order valence-electron chi connectivity index (χ1n) is 13.5. The van der Waals surface area contributed by atoms with Crippen LogP contribution in [-0.4, -0.2) is 43.5 Å². The van der Waals surface area contributed by atoms with E-state index in [1.807, 2.05) is 36.4 Å². The van der Waals surface area contributed by atoms with Gasteiger partial charge in [-0.15, -0.1) is 0 Å². The van der Waals surface area contributed by atoms with Crippen molar-refractivity contribution in [1.82, 2.24) is 10.2 Å². The predicted molar refractivity (Wildman–Crippen MR) is 143 cm³/mol. The monoisotopic (exact) mass is 463 g/mol. The smallest absolute Gasteiger partial charge is 0.232 e. The summed E-state index contributed by atoms with van der Waals surface area (Å²) in [5, 5.41) is 3.49. The fourth-order valence-electron chi connectivity index (χ4n) is 5.71. The van der Waals surface area contributed by atoms with E-state index in [1.54, 1.807) is 0 Å². The Morgan fingerprint density at radius 3 is 1.91 bits per heavy atom. The molecule has 1 fully saturated rings. The molecule has 1 amide bonds. The summed E-state index contributed by atoms with van der Waals surface area (Å²) in [5.74, 6) is -0.0133. The van der Waals surface area contributed by atoms with E-state index >= 15 is 0 Å². The minimum atomic E-state index is -0.763. The number of nitrogens with one attached hydrogen (secondary N) is 1. The highest BCUT2D eigenvalue weighted by atomic mass is 16.1. The van der Waals surface area contributed by atoms with Crippen LogP contribution >= 0.6 is 0 Å². The highest BCUT2D eigenvalue weighted by Gasteiger charge is 2.47. The maximum atomic E-state index is 13.2. The highest BCUT2D eigenvalue weighted by molar-refractivity contribution is 5.91. The molecule has 1 aliphatic rings. The second-order valence-corrected chi connectivity index (χ2v) is 9.89. The Morgan fingerprint density at radius 2 is 1.38 bits per heavy atom. The van der Waals surface area contributed by atoms with Crippen LogP contribution in [0.25, 0.3) is 0 Å². The molecule has 1 heterocycles. The molecule has 0 aromatic heterocycles. The van der Waals surface area contributed by atoms with E-state index in [1.165, 1.54) is 58.0 Å². The normalized spacial score (nSPS) is 15.4. The molecule has 186 valence electrons. The molecular formula is C30H45N3O. The van der Waals surface area contributed by atoms with E-state index in [-0.39, 0.29) is 11.8 Å². The Bertz CT molecular complexity index is 776. The lowest BCUT2D eigenvalue weighted by Gasteiger charge is -2.43. The number of carbonyl (C=O) groups is 1. The number of nitrogens with zero attached hydrogens (tertiary/aromatic N) is 1. The zero-order chi connectivity index (χ0) is 24.1. The lowest BCUT2D eigenvalue weighted by molar-refractivity contribution is -0.124. The lowest BCUT2D eigenvalue weighted by atomic mass is 9.62. The van der Waals surface area contributed by atoms with Crippen molar-refractivity contribution in [2.45, 2.75) is 70.1 Å². The second-order valence-electron chi connectivity index (χ2n) is 9.89. The minimum Gasteiger partial charge on any atom is -0.369 e. The molecule has 2 aromatic carbocycles. The number of benzene rings is 2. The summed E-state index contributed by atoms with van der Waals surface area (Å²) in [4.78, 5) is 15.8. The van der Waals surface area contributed by atoms with E-state index in [9.17, 15) is 4.79 Å². The van der Waals surface area contributed by atoms with Crippen molar-refractivity contribution in [3.05, 3.63) is 71.8 Å². The van der Waals surface area contributed by atoms with Gasteiger partial charge in [0.05, 0.1) is 0 Å². The van der Waals surface area contributed by atoms with Crippen molar-refractivity contribution >= 4 is 5.91 Å². The number of likely N-dealkylation sites (tertiary alicyclic amines) is 1. The third kappa shape index (κ3) is 6.93. The van der Waals surface area contributed by atoms with Crippen molar-refractivity contribution in [2.75, 3.05) is 32.7 Å². The Balaban J connectivity index is 1.50. The number of hydrogen-bond acceptors (Lipinski definition) is 3. The zero-order valence-electron chi connectivity index (χ0n) is 21.2. The summed E-state index contributed by atoms with van der Waals surface area (Å²) in [6.45, 7) is 7.79. The maximum Gasteiger partial charge on any atom is 0.232 e. The van der Waals surface area contributed by atoms with Gasteiger partial charge < -0.3 is 16.0 Å². The van der Waals surface area contributed by atoms with Gasteiger partial charge >= 0.3 is 0 Å². The molecule has 0 unspecified atom stereocenters. The Kier molecular flexibility index (Phi) is 11.1. The fourth-order valence-corrected chi connectivity index (χ4v) is 5.71. The van der Waals surface area contributed by atoms with Gasteiger partial charge in [0.25, 0.3) is 0 Å². The van der Waals surface area contributed by atoms with Crippen LogP contribution < -0.4 is 11.1 Å². The largest absolute Gasteiger partial charge is 0.369 e. The molecule has 1 saturated heterocycles. The molecule has 2 aromatic rings. The van der Waals surface area contributed by atoms with Gasteiger partial charge in [-0.1, -0.05) is 93.3 Å². The van der Waals surface area contributed by atoms with Gasteiger partial charge in [-0.3, -0.25) is 4.79 Å². The van der Waals surface area contributed by atoms with Gasteiger partial charge in [0.1, 0.15) is 5.41 Å². The molecule has 3 rings (SSSR count). The number of carbonyl (C=O) groups excluding carboxylic acids is 1. The fraction of sp³-hybridized carbons (Fsp3) is 0.567. The van der Waals surface area contributed by atoms with Crippen LogP contribution in [0.1, 0.15) is 75.8 Å². The third-order valence-corrected chi connectivity index (χ3v) is 7.55. The molecule has 0 atom stereocenters. The van der Waals surface area contributed by atoms with E-state index < -0.39 is 5.41 Å². The van der Waals surface area contributed by atoms with Gasteiger partial charge in [0.2, 0.25) is 5.91 Å². The Hall–Kier alpha value is -2.17. The zero-order valence-corrected chi connectivity index (χ0v) is 21.2. The lowest BCUT2D eigenvalue weighted by Crippen LogP contribution is -2.51. The number of nitrogens with two attached hydrogens (primary N) is 1. The van der Waals surface area contributed by atoms with Crippen LogP contribution in [0.2, 0.25) is 0 Å². The maximum absolute atomic E-state index is 13.2. The average Bonchev–Trinajstić information content (AvgIpc) is 2.87. The highest BCUT2D eigenvalue weighted by Crippen LogP contribution is 2.44. The number of rotatable bonds is 15. The van der Waals surface area contributed by atoms with E-state index in [4.69, 9.17) is 5.73 Å². The summed E-state index contributed by atoms with van der Waals surface area (Å²) in [6, 6.07) is 20.4. The summed E-state index contributed by atoms with van der Waals surface area (Å²) in [6.07, 6.45) is 11.2. The van der Waals surface area contributed by atoms with Crippen LogP contribution in [0.15, 0.2) is 60.7 Å². The number of unbranched alkanes of at least 4 members (excludes halogenated alkanes) is 5. The van der Waals surface area contributed by atoms with Gasteiger partial charge in [-0.2, -0.15) is 0 Å². The summed E-state index contributed by atoms with van der Waals surface area (Å²) in [7, 11) is 0. The van der Waals surface area contributed by atoms with Gasteiger partial charge in [-0.25, -0.2) is 0 Å². The summed E-state index contributed by atoms with van der Waals surface area (Å²) >= 11 is 0. The van der Waals surface area contributed by atoms with E-state index in [2.05, 4.69) is 41.4 Å². The average molecular weight is 464 g/mol. The summed E-state index contributed by atoms with van der Waals surface area (Å²) in [5.41, 5.74) is 7.50. The summed E-state index contributed by atoms with van der Waals surface area (Å²) < 4.78 is 0. The number of amides is 1. The van der Waals surface area contributed by atoms with Crippen molar-refractivity contribution < 1.29 is 4.79 Å². The topological polar surface area (TPSA) is 58.4 Å². The number of hydrogen-bond donors (Lipinski definition) is 2. The third-order valence-electron chi connectivity index (χ3n) is 7.55. The molecule has 4 nitrogen and oxygen atoms in total. The molecule has 0 aliphatic carbocycles. The van der Waals surface area contributed by atoms with Crippen LogP contribution in [0, 0.1) is 5.92 Å². The molecular weight excluding hydrogens is 418 g/mol. The Morgan fingerprint density at radius 1 is 0.853 bits per heavy atom.